The highest BCUT2D eigenvalue weighted by atomic mass is 32.2. The summed E-state index contributed by atoms with van der Waals surface area (Å²) < 4.78 is 50.1. The second-order valence-electron chi connectivity index (χ2n) is 6.22. The Morgan fingerprint density at radius 1 is 1.00 bits per heavy atom. The van der Waals surface area contributed by atoms with Crippen molar-refractivity contribution in [2.24, 2.45) is 0 Å². The van der Waals surface area contributed by atoms with Crippen molar-refractivity contribution in [2.75, 3.05) is 37.7 Å². The first-order valence-electron chi connectivity index (χ1n) is 7.76. The lowest BCUT2D eigenvalue weighted by Gasteiger charge is -2.37. The first kappa shape index (κ1) is 17.4. The van der Waals surface area contributed by atoms with Crippen molar-refractivity contribution < 1.29 is 21.6 Å². The summed E-state index contributed by atoms with van der Waals surface area (Å²) >= 11 is 0. The summed E-state index contributed by atoms with van der Waals surface area (Å²) in [4.78, 5) is 14.5. The van der Waals surface area contributed by atoms with Gasteiger partial charge in [-0.05, 0) is 12.1 Å². The van der Waals surface area contributed by atoms with E-state index in [1.54, 1.807) is 23.1 Å². The predicted octanol–water partition coefficient (Wildman–Crippen LogP) is -0.600. The Kier molecular flexibility index (Phi) is 4.67. The van der Waals surface area contributed by atoms with Gasteiger partial charge in [0, 0.05) is 32.2 Å². The fourth-order valence-corrected chi connectivity index (χ4v) is 8.24. The average molecular weight is 372 g/mol. The first-order valence-corrected chi connectivity index (χ1v) is 11.1. The highest BCUT2D eigenvalue weighted by Crippen LogP contribution is 2.29. The van der Waals surface area contributed by atoms with Crippen LogP contribution in [0.2, 0.25) is 0 Å². The number of sulfone groups is 2. The van der Waals surface area contributed by atoms with Crippen LogP contribution in [0.5, 0.6) is 0 Å². The number of hydrogen-bond donors (Lipinski definition) is 0. The van der Waals surface area contributed by atoms with Gasteiger partial charge in [0.05, 0.1) is 21.7 Å². The van der Waals surface area contributed by atoms with Gasteiger partial charge in [0.25, 0.3) is 0 Å². The van der Waals surface area contributed by atoms with Crippen molar-refractivity contribution in [1.29, 1.82) is 0 Å². The van der Waals surface area contributed by atoms with Crippen molar-refractivity contribution in [1.82, 2.24) is 9.80 Å². The Balaban J connectivity index is 1.89. The molecule has 2 saturated heterocycles. The lowest BCUT2D eigenvalue weighted by molar-refractivity contribution is -0.119. The van der Waals surface area contributed by atoms with Gasteiger partial charge < -0.3 is 4.90 Å². The molecule has 0 saturated carbocycles. The number of nitrogens with zero attached hydrogens (tertiary/aromatic N) is 2. The maximum absolute atomic E-state index is 12.9. The topological polar surface area (TPSA) is 91.8 Å². The largest absolute Gasteiger partial charge is 0.343 e. The van der Waals surface area contributed by atoms with E-state index in [4.69, 9.17) is 0 Å². The molecule has 2 aliphatic rings. The monoisotopic (exact) mass is 372 g/mol. The van der Waals surface area contributed by atoms with Gasteiger partial charge in [-0.2, -0.15) is 0 Å². The molecule has 9 heteroatoms. The summed E-state index contributed by atoms with van der Waals surface area (Å²) in [7, 11) is -7.14. The Morgan fingerprint density at radius 3 is 2.21 bits per heavy atom. The summed E-state index contributed by atoms with van der Waals surface area (Å²) in [5.41, 5.74) is 0. The van der Waals surface area contributed by atoms with E-state index in [0.717, 1.165) is 6.41 Å². The van der Waals surface area contributed by atoms with Crippen LogP contribution in [0, 0.1) is 0 Å². The van der Waals surface area contributed by atoms with Crippen LogP contribution < -0.4 is 0 Å². The van der Waals surface area contributed by atoms with Gasteiger partial charge in [-0.15, -0.1) is 0 Å². The smallest absolute Gasteiger partial charge is 0.209 e. The molecule has 7 nitrogen and oxygen atoms in total. The predicted molar refractivity (Wildman–Crippen MR) is 89.1 cm³/mol. The maximum atomic E-state index is 12.9. The molecule has 2 aliphatic heterocycles. The number of hydrogen-bond acceptors (Lipinski definition) is 6. The van der Waals surface area contributed by atoms with E-state index in [1.165, 1.54) is 12.1 Å². The number of benzene rings is 1. The van der Waals surface area contributed by atoms with Gasteiger partial charge >= 0.3 is 0 Å². The second kappa shape index (κ2) is 6.45. The lowest BCUT2D eigenvalue weighted by Crippen LogP contribution is -2.54. The van der Waals surface area contributed by atoms with Crippen LogP contribution in [0.1, 0.15) is 0 Å². The van der Waals surface area contributed by atoms with E-state index >= 15 is 0 Å². The third-order valence-electron chi connectivity index (χ3n) is 4.71. The highest BCUT2D eigenvalue weighted by molar-refractivity contribution is 7.96. The zero-order valence-electron chi connectivity index (χ0n) is 13.1. The number of carbonyl (C=O) groups excluding carboxylic acids is 1. The summed E-state index contributed by atoms with van der Waals surface area (Å²) in [5.74, 6) is -0.492. The molecule has 0 N–H and O–H groups in total. The van der Waals surface area contributed by atoms with E-state index in [2.05, 4.69) is 0 Å². The third kappa shape index (κ3) is 3.33. The third-order valence-corrected chi connectivity index (χ3v) is 8.84. The van der Waals surface area contributed by atoms with Gasteiger partial charge in [-0.1, -0.05) is 18.2 Å². The van der Waals surface area contributed by atoms with Gasteiger partial charge in [0.15, 0.2) is 19.7 Å². The molecule has 1 amide bonds. The number of piperazine rings is 1. The Labute approximate surface area is 142 Å². The molecule has 1 aromatic rings. The van der Waals surface area contributed by atoms with Crippen LogP contribution in [0.4, 0.5) is 0 Å². The fourth-order valence-electron chi connectivity index (χ4n) is 3.39. The van der Waals surface area contributed by atoms with E-state index in [9.17, 15) is 21.6 Å². The van der Waals surface area contributed by atoms with Crippen LogP contribution in [-0.2, 0) is 24.5 Å². The molecule has 0 bridgehead atoms. The molecule has 0 aliphatic carbocycles. The molecule has 0 radical (unpaired) electrons. The summed E-state index contributed by atoms with van der Waals surface area (Å²) in [6, 6.07) is 7.43. The number of carbonyl (C=O) groups is 1. The summed E-state index contributed by atoms with van der Waals surface area (Å²) in [5, 5.41) is -0.965. The van der Waals surface area contributed by atoms with Crippen molar-refractivity contribution in [3.8, 4) is 0 Å². The quantitative estimate of drug-likeness (QED) is 0.656. The van der Waals surface area contributed by atoms with Gasteiger partial charge in [-0.25, -0.2) is 16.8 Å². The molecular weight excluding hydrogens is 352 g/mol. The average Bonchev–Trinajstić information content (AvgIpc) is 2.92. The normalized spacial score (nSPS) is 27.9. The van der Waals surface area contributed by atoms with Gasteiger partial charge in [0.2, 0.25) is 6.41 Å². The molecule has 1 aromatic carbocycles. The molecule has 3 rings (SSSR count). The molecule has 0 unspecified atom stereocenters. The lowest BCUT2D eigenvalue weighted by atomic mass is 10.2. The van der Waals surface area contributed by atoms with E-state index in [1.807, 2.05) is 4.90 Å². The Bertz CT molecular complexity index is 800. The standard InChI is InChI=1S/C15H20N2O5S2/c18-12-16-6-8-17(9-7-16)14-10-23(19,20)11-15(14)24(21,22)13-4-2-1-3-5-13/h1-5,12,14-15H,6-11H2/t14-,15-/m0/s1. The molecular formula is C15H20N2O5S2. The molecule has 0 aromatic heterocycles. The van der Waals surface area contributed by atoms with Crippen LogP contribution in [-0.4, -0.2) is 82.0 Å². The highest BCUT2D eigenvalue weighted by Gasteiger charge is 2.48. The zero-order valence-corrected chi connectivity index (χ0v) is 14.7. The molecule has 0 spiro atoms. The summed E-state index contributed by atoms with van der Waals surface area (Å²) in [6.45, 7) is 1.94. The van der Waals surface area contributed by atoms with E-state index in [0.29, 0.717) is 26.2 Å². The Hall–Kier alpha value is -1.45. The molecule has 2 atom stereocenters. The van der Waals surface area contributed by atoms with Crippen LogP contribution in [0.3, 0.4) is 0 Å². The molecule has 2 fully saturated rings. The second-order valence-corrected chi connectivity index (χ2v) is 10.5. The van der Waals surface area contributed by atoms with Gasteiger partial charge in [0.1, 0.15) is 0 Å². The maximum Gasteiger partial charge on any atom is 0.209 e. The molecule has 2 heterocycles. The van der Waals surface area contributed by atoms with Crippen molar-refractivity contribution in [3.63, 3.8) is 0 Å². The van der Waals surface area contributed by atoms with Crippen molar-refractivity contribution in [3.05, 3.63) is 30.3 Å². The van der Waals surface area contributed by atoms with Crippen LogP contribution in [0.15, 0.2) is 35.2 Å². The Morgan fingerprint density at radius 2 is 1.62 bits per heavy atom. The fraction of sp³-hybridized carbons (Fsp3) is 0.533. The SMILES string of the molecule is O=CN1CCN([C@H]2CS(=O)(=O)C[C@@H]2S(=O)(=O)c2ccccc2)CC1. The first-order chi connectivity index (χ1) is 11.3. The minimum Gasteiger partial charge on any atom is -0.343 e. The number of amides is 1. The van der Waals surface area contributed by atoms with Gasteiger partial charge in [-0.3, -0.25) is 9.69 Å². The van der Waals surface area contributed by atoms with E-state index in [-0.39, 0.29) is 16.4 Å². The molecule has 24 heavy (non-hydrogen) atoms. The minimum atomic E-state index is -3.73. The minimum absolute atomic E-state index is 0.148. The summed E-state index contributed by atoms with van der Waals surface area (Å²) in [6.07, 6.45) is 0.765. The zero-order chi connectivity index (χ0) is 17.4. The van der Waals surface area contributed by atoms with Crippen LogP contribution in [0.25, 0.3) is 0 Å². The molecule has 132 valence electrons. The van der Waals surface area contributed by atoms with Crippen LogP contribution >= 0.6 is 0 Å². The number of rotatable bonds is 4. The van der Waals surface area contributed by atoms with Crippen molar-refractivity contribution >= 4 is 26.1 Å². The van der Waals surface area contributed by atoms with E-state index < -0.39 is 31.0 Å². The van der Waals surface area contributed by atoms with Crippen molar-refractivity contribution in [2.45, 2.75) is 16.2 Å².